The van der Waals surface area contributed by atoms with Crippen LogP contribution in [0.4, 0.5) is 0 Å². The molecule has 0 spiro atoms. The number of carbonyl (C=O) groups excluding carboxylic acids is 1. The third kappa shape index (κ3) is 4.53. The Balaban J connectivity index is 1.31. The molecule has 1 saturated heterocycles. The molecular weight excluding hydrogens is 396 g/mol. The molecule has 4 aromatic rings. The van der Waals surface area contributed by atoms with Crippen LogP contribution in [0.25, 0.3) is 22.2 Å². The van der Waals surface area contributed by atoms with Crippen molar-refractivity contribution in [3.63, 3.8) is 0 Å². The van der Waals surface area contributed by atoms with E-state index in [2.05, 4.69) is 39.5 Å². The highest BCUT2D eigenvalue weighted by Gasteiger charge is 2.22. The minimum absolute atomic E-state index is 0.0274. The van der Waals surface area contributed by atoms with Crippen LogP contribution in [0.1, 0.15) is 28.8 Å². The van der Waals surface area contributed by atoms with E-state index >= 15 is 0 Å². The smallest absolute Gasteiger partial charge is 0.252 e. The first kappa shape index (κ1) is 20.3. The van der Waals surface area contributed by atoms with Crippen LogP contribution in [0.3, 0.4) is 0 Å². The normalized spacial score (nSPS) is 15.0. The Morgan fingerprint density at radius 2 is 1.66 bits per heavy atom. The second-order valence-corrected chi connectivity index (χ2v) is 8.32. The molecule has 1 N–H and O–H groups in total. The molecule has 5 rings (SSSR count). The number of pyridine rings is 2. The Labute approximate surface area is 188 Å². The number of rotatable bonds is 5. The number of nitrogens with zero attached hydrogens (tertiary/aromatic N) is 3. The summed E-state index contributed by atoms with van der Waals surface area (Å²) >= 11 is 0. The number of hydrogen-bond donors (Lipinski definition) is 1. The zero-order valence-corrected chi connectivity index (χ0v) is 17.9. The molecule has 0 saturated carbocycles. The predicted octanol–water partition coefficient (Wildman–Crippen LogP) is 4.69. The molecule has 0 aliphatic carbocycles. The highest BCUT2D eigenvalue weighted by Crippen LogP contribution is 2.25. The van der Waals surface area contributed by atoms with Gasteiger partial charge in [0.1, 0.15) is 0 Å². The van der Waals surface area contributed by atoms with Crippen LogP contribution in [0.2, 0.25) is 0 Å². The number of hydrogen-bond acceptors (Lipinski definition) is 4. The second kappa shape index (κ2) is 9.28. The summed E-state index contributed by atoms with van der Waals surface area (Å²) in [4.78, 5) is 24.6. The monoisotopic (exact) mass is 422 g/mol. The van der Waals surface area contributed by atoms with Gasteiger partial charge in [-0.1, -0.05) is 48.5 Å². The van der Waals surface area contributed by atoms with Crippen molar-refractivity contribution in [2.45, 2.75) is 25.4 Å². The van der Waals surface area contributed by atoms with Gasteiger partial charge in [-0.25, -0.2) is 4.98 Å². The van der Waals surface area contributed by atoms with E-state index in [1.165, 1.54) is 5.56 Å². The van der Waals surface area contributed by atoms with Gasteiger partial charge in [0.05, 0.1) is 16.8 Å². The first-order valence-corrected chi connectivity index (χ1v) is 11.1. The van der Waals surface area contributed by atoms with E-state index in [1.54, 1.807) is 12.4 Å². The number of amides is 1. The van der Waals surface area contributed by atoms with E-state index in [9.17, 15) is 4.79 Å². The molecule has 0 atom stereocenters. The maximum Gasteiger partial charge on any atom is 0.252 e. The summed E-state index contributed by atoms with van der Waals surface area (Å²) in [6.45, 7) is 2.93. The van der Waals surface area contributed by atoms with Crippen LogP contribution >= 0.6 is 0 Å². The van der Waals surface area contributed by atoms with Gasteiger partial charge in [-0.3, -0.25) is 14.7 Å². The van der Waals surface area contributed by atoms with E-state index in [-0.39, 0.29) is 11.9 Å². The molecule has 5 heteroatoms. The molecule has 1 aliphatic heterocycles. The van der Waals surface area contributed by atoms with Gasteiger partial charge in [0.15, 0.2) is 0 Å². The summed E-state index contributed by atoms with van der Waals surface area (Å²) in [5.41, 5.74) is 4.57. The number of aromatic nitrogens is 2. The Morgan fingerprint density at radius 1 is 0.938 bits per heavy atom. The largest absolute Gasteiger partial charge is 0.349 e. The van der Waals surface area contributed by atoms with E-state index < -0.39 is 0 Å². The van der Waals surface area contributed by atoms with Gasteiger partial charge in [0.2, 0.25) is 0 Å². The lowest BCUT2D eigenvalue weighted by Crippen LogP contribution is -2.44. The highest BCUT2D eigenvalue weighted by atomic mass is 16.1. The van der Waals surface area contributed by atoms with Crippen molar-refractivity contribution in [3.05, 3.63) is 96.3 Å². The van der Waals surface area contributed by atoms with E-state index in [0.717, 1.165) is 54.6 Å². The number of piperidine rings is 1. The zero-order chi connectivity index (χ0) is 21.8. The molecule has 0 bridgehead atoms. The van der Waals surface area contributed by atoms with Crippen molar-refractivity contribution < 1.29 is 4.79 Å². The fourth-order valence-corrected chi connectivity index (χ4v) is 4.37. The van der Waals surface area contributed by atoms with E-state index in [1.807, 2.05) is 48.5 Å². The fraction of sp³-hybridized carbons (Fsp3) is 0.222. The fourth-order valence-electron chi connectivity index (χ4n) is 4.37. The number of nitrogens with one attached hydrogen (secondary N) is 1. The maximum atomic E-state index is 13.3. The van der Waals surface area contributed by atoms with Crippen LogP contribution in [0.15, 0.2) is 85.2 Å². The van der Waals surface area contributed by atoms with Crippen LogP contribution < -0.4 is 5.32 Å². The zero-order valence-electron chi connectivity index (χ0n) is 17.9. The van der Waals surface area contributed by atoms with Gasteiger partial charge in [0, 0.05) is 49.0 Å². The van der Waals surface area contributed by atoms with Gasteiger partial charge < -0.3 is 5.32 Å². The molecule has 160 valence electrons. The Kier molecular flexibility index (Phi) is 5.90. The molecule has 1 aliphatic rings. The highest BCUT2D eigenvalue weighted by molar-refractivity contribution is 6.07. The van der Waals surface area contributed by atoms with Gasteiger partial charge in [-0.15, -0.1) is 0 Å². The van der Waals surface area contributed by atoms with Crippen molar-refractivity contribution in [3.8, 4) is 11.3 Å². The van der Waals surface area contributed by atoms with Crippen molar-refractivity contribution in [2.75, 3.05) is 13.1 Å². The van der Waals surface area contributed by atoms with Crippen molar-refractivity contribution in [2.24, 2.45) is 0 Å². The molecule has 5 nitrogen and oxygen atoms in total. The first-order valence-electron chi connectivity index (χ1n) is 11.1. The summed E-state index contributed by atoms with van der Waals surface area (Å²) in [6.07, 6.45) is 5.40. The Morgan fingerprint density at radius 3 is 2.44 bits per heavy atom. The Hall–Kier alpha value is -3.57. The van der Waals surface area contributed by atoms with Crippen LogP contribution in [-0.4, -0.2) is 39.9 Å². The summed E-state index contributed by atoms with van der Waals surface area (Å²) in [6, 6.07) is 24.3. The standard InChI is InChI=1S/C27H26N4O/c32-27(29-22-12-16-31(17-13-22)19-20-6-2-1-3-7-20)24-18-26(21-10-14-28-15-11-21)30-25-9-5-4-8-23(24)25/h1-11,14-15,18,22H,12-13,16-17,19H2,(H,29,32). The first-order chi connectivity index (χ1) is 15.8. The average molecular weight is 423 g/mol. The van der Waals surface area contributed by atoms with Crippen LogP contribution in [0, 0.1) is 0 Å². The molecule has 32 heavy (non-hydrogen) atoms. The quantitative estimate of drug-likeness (QED) is 0.507. The third-order valence-corrected chi connectivity index (χ3v) is 6.11. The number of para-hydroxylation sites is 1. The SMILES string of the molecule is O=C(NC1CCN(Cc2ccccc2)CC1)c1cc(-c2ccncc2)nc2ccccc12. The van der Waals surface area contributed by atoms with E-state index in [4.69, 9.17) is 4.98 Å². The molecule has 2 aromatic carbocycles. The number of fused-ring (bicyclic) bond motifs is 1. The van der Waals surface area contributed by atoms with Gasteiger partial charge in [-0.05, 0) is 42.7 Å². The number of benzene rings is 2. The van der Waals surface area contributed by atoms with Crippen molar-refractivity contribution in [1.82, 2.24) is 20.2 Å². The molecule has 3 heterocycles. The second-order valence-electron chi connectivity index (χ2n) is 8.32. The molecule has 0 unspecified atom stereocenters. The summed E-state index contributed by atoms with van der Waals surface area (Å²) in [5, 5.41) is 4.16. The third-order valence-electron chi connectivity index (χ3n) is 6.11. The lowest BCUT2D eigenvalue weighted by Gasteiger charge is -2.32. The van der Waals surface area contributed by atoms with E-state index in [0.29, 0.717) is 5.56 Å². The summed E-state index contributed by atoms with van der Waals surface area (Å²) in [5.74, 6) is -0.0274. The maximum absolute atomic E-state index is 13.3. The lowest BCUT2D eigenvalue weighted by atomic mass is 10.0. The van der Waals surface area contributed by atoms with Crippen molar-refractivity contribution >= 4 is 16.8 Å². The molecule has 1 amide bonds. The predicted molar refractivity (Wildman–Crippen MR) is 127 cm³/mol. The van der Waals surface area contributed by atoms with Gasteiger partial charge in [-0.2, -0.15) is 0 Å². The Bertz CT molecular complexity index is 1200. The summed E-state index contributed by atoms with van der Waals surface area (Å²) < 4.78 is 0. The molecule has 2 aromatic heterocycles. The minimum atomic E-state index is -0.0274. The summed E-state index contributed by atoms with van der Waals surface area (Å²) in [7, 11) is 0. The average Bonchev–Trinajstić information content (AvgIpc) is 2.85. The minimum Gasteiger partial charge on any atom is -0.349 e. The number of carbonyl (C=O) groups is 1. The topological polar surface area (TPSA) is 58.1 Å². The van der Waals surface area contributed by atoms with Crippen molar-refractivity contribution in [1.29, 1.82) is 0 Å². The van der Waals surface area contributed by atoms with Gasteiger partial charge >= 0.3 is 0 Å². The molecular formula is C27H26N4O. The van der Waals surface area contributed by atoms with Crippen LogP contribution in [-0.2, 0) is 6.54 Å². The molecule has 1 fully saturated rings. The van der Waals surface area contributed by atoms with Gasteiger partial charge in [0.25, 0.3) is 5.91 Å². The lowest BCUT2D eigenvalue weighted by molar-refractivity contribution is 0.0910. The number of likely N-dealkylation sites (tertiary alicyclic amines) is 1. The van der Waals surface area contributed by atoms with Crippen LogP contribution in [0.5, 0.6) is 0 Å². The molecule has 0 radical (unpaired) electrons.